The summed E-state index contributed by atoms with van der Waals surface area (Å²) in [7, 11) is 0. The van der Waals surface area contributed by atoms with Crippen molar-refractivity contribution in [3.8, 4) is 5.75 Å². The van der Waals surface area contributed by atoms with Gasteiger partial charge in [0.05, 0.1) is 17.9 Å². The number of carbonyl (C=O) groups excluding carboxylic acids is 2. The highest BCUT2D eigenvalue weighted by molar-refractivity contribution is 6.45. The Kier molecular flexibility index (Phi) is 6.04. The molecular formula is C24H25FN2O4. The normalized spacial score (nSPS) is 19.4. The molecular weight excluding hydrogens is 399 g/mol. The van der Waals surface area contributed by atoms with Crippen molar-refractivity contribution in [2.45, 2.75) is 19.8 Å². The number of aliphatic hydroxyl groups is 1. The molecule has 1 unspecified atom stereocenters. The molecule has 31 heavy (non-hydrogen) atoms. The van der Waals surface area contributed by atoms with Gasteiger partial charge in [-0.2, -0.15) is 0 Å². The third kappa shape index (κ3) is 3.93. The van der Waals surface area contributed by atoms with Crippen LogP contribution in [-0.4, -0.2) is 48.1 Å². The number of aliphatic hydroxyl groups excluding tert-OH is 1. The Morgan fingerprint density at radius 3 is 2.52 bits per heavy atom. The summed E-state index contributed by atoms with van der Waals surface area (Å²) in [6, 6.07) is 12.7. The SMILES string of the molecule is CCOc1ccc(C2=C(N3CCCC(CO)C3)C(=O)N(c3ccccc3F)C2=O)cc1. The van der Waals surface area contributed by atoms with E-state index in [2.05, 4.69) is 0 Å². The summed E-state index contributed by atoms with van der Waals surface area (Å²) in [5, 5.41) is 9.63. The number of hydrogen-bond donors (Lipinski definition) is 1. The summed E-state index contributed by atoms with van der Waals surface area (Å²) in [5.41, 5.74) is 1.01. The molecule has 1 saturated heterocycles. The fraction of sp³-hybridized carbons (Fsp3) is 0.333. The van der Waals surface area contributed by atoms with Crippen LogP contribution in [0.2, 0.25) is 0 Å². The Bertz CT molecular complexity index is 1020. The zero-order valence-corrected chi connectivity index (χ0v) is 17.4. The highest BCUT2D eigenvalue weighted by Gasteiger charge is 2.44. The van der Waals surface area contributed by atoms with Crippen LogP contribution >= 0.6 is 0 Å². The number of halogens is 1. The van der Waals surface area contributed by atoms with E-state index in [1.165, 1.54) is 18.2 Å². The first-order valence-corrected chi connectivity index (χ1v) is 10.5. The maximum atomic E-state index is 14.5. The van der Waals surface area contributed by atoms with Crippen LogP contribution in [0.3, 0.4) is 0 Å². The molecule has 162 valence electrons. The number of carbonyl (C=O) groups is 2. The number of rotatable bonds is 6. The second-order valence-electron chi connectivity index (χ2n) is 7.71. The highest BCUT2D eigenvalue weighted by Crippen LogP contribution is 2.37. The van der Waals surface area contributed by atoms with E-state index in [1.54, 1.807) is 30.3 Å². The summed E-state index contributed by atoms with van der Waals surface area (Å²) in [4.78, 5) is 29.7. The number of piperidine rings is 1. The lowest BCUT2D eigenvalue weighted by Gasteiger charge is -2.34. The minimum absolute atomic E-state index is 0.0152. The van der Waals surface area contributed by atoms with Crippen LogP contribution in [0.1, 0.15) is 25.3 Å². The summed E-state index contributed by atoms with van der Waals surface area (Å²) >= 11 is 0. The van der Waals surface area contributed by atoms with Crippen LogP contribution in [0.4, 0.5) is 10.1 Å². The molecule has 1 fully saturated rings. The molecule has 1 atom stereocenters. The molecule has 2 amide bonds. The zero-order valence-electron chi connectivity index (χ0n) is 17.4. The number of hydrogen-bond acceptors (Lipinski definition) is 5. The molecule has 6 nitrogen and oxygen atoms in total. The van der Waals surface area contributed by atoms with E-state index in [0.29, 0.717) is 31.0 Å². The summed E-state index contributed by atoms with van der Waals surface area (Å²) in [6.45, 7) is 3.48. The molecule has 7 heteroatoms. The molecule has 2 aliphatic heterocycles. The van der Waals surface area contributed by atoms with Gasteiger partial charge in [-0.25, -0.2) is 9.29 Å². The van der Waals surface area contributed by atoms with Gasteiger partial charge in [-0.15, -0.1) is 0 Å². The predicted octanol–water partition coefficient (Wildman–Crippen LogP) is 3.21. The average Bonchev–Trinajstić information content (AvgIpc) is 3.05. The van der Waals surface area contributed by atoms with Gasteiger partial charge in [-0.3, -0.25) is 9.59 Å². The highest BCUT2D eigenvalue weighted by atomic mass is 19.1. The molecule has 0 bridgehead atoms. The van der Waals surface area contributed by atoms with Gasteiger partial charge in [-0.1, -0.05) is 24.3 Å². The van der Waals surface area contributed by atoms with Crippen molar-refractivity contribution in [1.29, 1.82) is 0 Å². The van der Waals surface area contributed by atoms with Crippen molar-refractivity contribution in [1.82, 2.24) is 4.90 Å². The molecule has 2 aromatic rings. The molecule has 1 N–H and O–H groups in total. The number of imide groups is 1. The Labute approximate surface area is 180 Å². The third-order valence-electron chi connectivity index (χ3n) is 5.70. The first-order chi connectivity index (χ1) is 15.0. The smallest absolute Gasteiger partial charge is 0.282 e. The Morgan fingerprint density at radius 2 is 1.84 bits per heavy atom. The lowest BCUT2D eigenvalue weighted by Crippen LogP contribution is -2.40. The molecule has 2 heterocycles. The minimum atomic E-state index is -0.636. The van der Waals surface area contributed by atoms with Gasteiger partial charge >= 0.3 is 0 Å². The molecule has 2 aliphatic rings. The summed E-state index contributed by atoms with van der Waals surface area (Å²) < 4.78 is 20.0. The average molecular weight is 424 g/mol. The number of likely N-dealkylation sites (tertiary alicyclic amines) is 1. The quantitative estimate of drug-likeness (QED) is 0.721. The Morgan fingerprint density at radius 1 is 1.10 bits per heavy atom. The van der Waals surface area contributed by atoms with Crippen LogP contribution < -0.4 is 9.64 Å². The van der Waals surface area contributed by atoms with Crippen molar-refractivity contribution in [3.05, 3.63) is 65.6 Å². The Balaban J connectivity index is 1.80. The van der Waals surface area contributed by atoms with Gasteiger partial charge in [0.25, 0.3) is 11.8 Å². The van der Waals surface area contributed by atoms with Crippen molar-refractivity contribution in [3.63, 3.8) is 0 Å². The molecule has 2 aromatic carbocycles. The molecule has 0 saturated carbocycles. The lowest BCUT2D eigenvalue weighted by molar-refractivity contribution is -0.121. The molecule has 0 aliphatic carbocycles. The molecule has 0 radical (unpaired) electrons. The first kappa shape index (κ1) is 21.1. The van der Waals surface area contributed by atoms with Crippen LogP contribution in [0.15, 0.2) is 54.2 Å². The monoisotopic (exact) mass is 424 g/mol. The van der Waals surface area contributed by atoms with Gasteiger partial charge < -0.3 is 14.7 Å². The van der Waals surface area contributed by atoms with E-state index in [4.69, 9.17) is 4.74 Å². The molecule has 4 rings (SSSR count). The minimum Gasteiger partial charge on any atom is -0.494 e. The van der Waals surface area contributed by atoms with E-state index in [-0.39, 0.29) is 29.5 Å². The van der Waals surface area contributed by atoms with E-state index < -0.39 is 17.6 Å². The van der Waals surface area contributed by atoms with Gasteiger partial charge in [-0.05, 0) is 55.5 Å². The topological polar surface area (TPSA) is 70.1 Å². The number of nitrogens with zero attached hydrogens (tertiary/aromatic N) is 2. The van der Waals surface area contributed by atoms with E-state index in [9.17, 15) is 19.1 Å². The van der Waals surface area contributed by atoms with Crippen molar-refractivity contribution >= 4 is 23.1 Å². The fourth-order valence-corrected chi connectivity index (χ4v) is 4.23. The second-order valence-corrected chi connectivity index (χ2v) is 7.71. The first-order valence-electron chi connectivity index (χ1n) is 10.5. The number of amides is 2. The van der Waals surface area contributed by atoms with Crippen LogP contribution in [0, 0.1) is 11.7 Å². The summed E-state index contributed by atoms with van der Waals surface area (Å²) in [6.07, 6.45) is 1.66. The van der Waals surface area contributed by atoms with Gasteiger partial charge in [0.15, 0.2) is 0 Å². The number of anilines is 1. The number of benzene rings is 2. The number of para-hydroxylation sites is 1. The van der Waals surface area contributed by atoms with Crippen molar-refractivity contribution < 1.29 is 23.8 Å². The summed E-state index contributed by atoms with van der Waals surface area (Å²) in [5.74, 6) is -1.05. The maximum Gasteiger partial charge on any atom is 0.282 e. The lowest BCUT2D eigenvalue weighted by atomic mass is 9.97. The van der Waals surface area contributed by atoms with Gasteiger partial charge in [0.1, 0.15) is 17.3 Å². The van der Waals surface area contributed by atoms with E-state index in [1.807, 2.05) is 11.8 Å². The van der Waals surface area contributed by atoms with Crippen LogP contribution in [-0.2, 0) is 9.59 Å². The van der Waals surface area contributed by atoms with Crippen molar-refractivity contribution in [2.24, 2.45) is 5.92 Å². The third-order valence-corrected chi connectivity index (χ3v) is 5.70. The zero-order chi connectivity index (χ0) is 22.0. The second kappa shape index (κ2) is 8.89. The van der Waals surface area contributed by atoms with Gasteiger partial charge in [0, 0.05) is 19.7 Å². The molecule has 0 spiro atoms. The predicted molar refractivity (Wildman–Crippen MR) is 115 cm³/mol. The standard InChI is InChI=1S/C24H25FN2O4/c1-2-31-18-11-9-17(10-12-18)21-22(26-13-5-6-16(14-26)15-28)24(30)27(23(21)29)20-8-4-3-7-19(20)25/h3-4,7-12,16,28H,2,5-6,13-15H2,1H3. The van der Waals surface area contributed by atoms with Gasteiger partial charge in [0.2, 0.25) is 0 Å². The number of ether oxygens (including phenoxy) is 1. The largest absolute Gasteiger partial charge is 0.494 e. The van der Waals surface area contributed by atoms with Crippen LogP contribution in [0.25, 0.3) is 5.57 Å². The van der Waals surface area contributed by atoms with Crippen molar-refractivity contribution in [2.75, 3.05) is 31.2 Å². The maximum absolute atomic E-state index is 14.5. The molecule has 0 aromatic heterocycles. The van der Waals surface area contributed by atoms with Crippen LogP contribution in [0.5, 0.6) is 5.75 Å². The van der Waals surface area contributed by atoms with E-state index >= 15 is 0 Å². The fourth-order valence-electron chi connectivity index (χ4n) is 4.23. The Hall–Kier alpha value is -3.19. The van der Waals surface area contributed by atoms with E-state index in [0.717, 1.165) is 17.7 Å².